The van der Waals surface area contributed by atoms with Crippen molar-refractivity contribution in [2.75, 3.05) is 19.6 Å². The predicted molar refractivity (Wildman–Crippen MR) is 64.1 cm³/mol. The Morgan fingerprint density at radius 3 is 2.47 bits per heavy atom. The zero-order valence-electron chi connectivity index (χ0n) is 10.2. The van der Waals surface area contributed by atoms with E-state index in [1.165, 1.54) is 0 Å². The summed E-state index contributed by atoms with van der Waals surface area (Å²) in [5.41, 5.74) is 5.25. The van der Waals surface area contributed by atoms with Gasteiger partial charge in [-0.3, -0.25) is 9.59 Å². The van der Waals surface area contributed by atoms with E-state index in [-0.39, 0.29) is 24.4 Å². The van der Waals surface area contributed by atoms with Gasteiger partial charge in [0.25, 0.3) is 0 Å². The maximum atomic E-state index is 12.3. The first-order chi connectivity index (χ1) is 8.18. The van der Waals surface area contributed by atoms with E-state index < -0.39 is 5.91 Å². The monoisotopic (exact) mass is 239 g/mol. The Kier molecular flexibility index (Phi) is 3.99. The molecule has 1 aliphatic heterocycles. The molecule has 0 aromatic heterocycles. The lowest BCUT2D eigenvalue weighted by atomic mass is 10.1. The average molecular weight is 239 g/mol. The van der Waals surface area contributed by atoms with Gasteiger partial charge in [0.15, 0.2) is 0 Å². The molecule has 1 saturated heterocycles. The van der Waals surface area contributed by atoms with Crippen LogP contribution in [-0.4, -0.2) is 42.4 Å². The van der Waals surface area contributed by atoms with Gasteiger partial charge in [0.05, 0.1) is 12.5 Å². The number of primary amides is 1. The molecule has 1 saturated carbocycles. The Morgan fingerprint density at radius 1 is 1.24 bits per heavy atom. The maximum Gasteiger partial charge on any atom is 0.237 e. The number of carbonyl (C=O) groups excluding carboxylic acids is 2. The van der Waals surface area contributed by atoms with Crippen molar-refractivity contribution in [2.45, 2.75) is 38.1 Å². The van der Waals surface area contributed by atoms with Gasteiger partial charge in [-0.2, -0.15) is 0 Å². The fourth-order valence-electron chi connectivity index (χ4n) is 2.87. The smallest absolute Gasteiger partial charge is 0.237 e. The molecule has 0 spiro atoms. The van der Waals surface area contributed by atoms with Gasteiger partial charge in [0, 0.05) is 12.6 Å². The fraction of sp³-hybridized carbons (Fsp3) is 0.833. The highest BCUT2D eigenvalue weighted by Crippen LogP contribution is 2.25. The Bertz CT molecular complexity index is 294. The van der Waals surface area contributed by atoms with E-state index in [1.54, 1.807) is 4.90 Å². The van der Waals surface area contributed by atoms with E-state index in [4.69, 9.17) is 5.73 Å². The van der Waals surface area contributed by atoms with E-state index in [2.05, 4.69) is 5.32 Å². The summed E-state index contributed by atoms with van der Waals surface area (Å²) in [4.78, 5) is 25.2. The Hall–Kier alpha value is -1.10. The van der Waals surface area contributed by atoms with E-state index >= 15 is 0 Å². The second-order valence-electron chi connectivity index (χ2n) is 5.06. The number of amides is 2. The van der Waals surface area contributed by atoms with Gasteiger partial charge in [-0.1, -0.05) is 12.8 Å². The number of nitrogens with zero attached hydrogens (tertiary/aromatic N) is 1. The number of hydrogen-bond donors (Lipinski definition) is 2. The second-order valence-corrected chi connectivity index (χ2v) is 5.06. The molecule has 0 aromatic rings. The van der Waals surface area contributed by atoms with Gasteiger partial charge in [-0.05, 0) is 25.8 Å². The lowest BCUT2D eigenvalue weighted by Crippen LogP contribution is -2.47. The molecule has 2 aliphatic rings. The van der Waals surface area contributed by atoms with Crippen LogP contribution in [0.5, 0.6) is 0 Å². The van der Waals surface area contributed by atoms with E-state index in [0.29, 0.717) is 0 Å². The van der Waals surface area contributed by atoms with Crippen LogP contribution in [0.15, 0.2) is 0 Å². The van der Waals surface area contributed by atoms with Gasteiger partial charge < -0.3 is 16.0 Å². The molecule has 0 bridgehead atoms. The van der Waals surface area contributed by atoms with Gasteiger partial charge in [0.1, 0.15) is 0 Å². The van der Waals surface area contributed by atoms with Crippen molar-refractivity contribution in [3.63, 3.8) is 0 Å². The molecule has 1 atom stereocenters. The highest BCUT2D eigenvalue weighted by molar-refractivity contribution is 5.85. The van der Waals surface area contributed by atoms with E-state index in [1.807, 2.05) is 0 Å². The third-order valence-corrected chi connectivity index (χ3v) is 3.78. The van der Waals surface area contributed by atoms with Crippen molar-refractivity contribution in [1.82, 2.24) is 10.2 Å². The van der Waals surface area contributed by atoms with Crippen LogP contribution in [-0.2, 0) is 9.59 Å². The molecule has 3 N–H and O–H groups in total. The van der Waals surface area contributed by atoms with Crippen molar-refractivity contribution in [3.05, 3.63) is 0 Å². The Balaban J connectivity index is 2.02. The molecule has 2 rings (SSSR count). The topological polar surface area (TPSA) is 75.4 Å². The average Bonchev–Trinajstić information content (AvgIpc) is 2.96. The zero-order chi connectivity index (χ0) is 12.3. The minimum Gasteiger partial charge on any atom is -0.368 e. The Labute approximate surface area is 102 Å². The highest BCUT2D eigenvalue weighted by atomic mass is 16.2. The van der Waals surface area contributed by atoms with Gasteiger partial charge in [-0.15, -0.1) is 0 Å². The van der Waals surface area contributed by atoms with Gasteiger partial charge >= 0.3 is 0 Å². The normalized spacial score (nSPS) is 25.1. The SMILES string of the molecule is NC(=O)CN(C(=O)C1CCNC1)C1CCCC1. The third-order valence-electron chi connectivity index (χ3n) is 3.78. The summed E-state index contributed by atoms with van der Waals surface area (Å²) in [5.74, 6) is -0.258. The molecule has 1 heterocycles. The quantitative estimate of drug-likeness (QED) is 0.716. The molecular weight excluding hydrogens is 218 g/mol. The van der Waals surface area contributed by atoms with Crippen molar-refractivity contribution >= 4 is 11.8 Å². The summed E-state index contributed by atoms with van der Waals surface area (Å²) in [6.07, 6.45) is 5.20. The minimum absolute atomic E-state index is 0.0370. The van der Waals surface area contributed by atoms with E-state index in [0.717, 1.165) is 45.2 Å². The molecule has 0 aromatic carbocycles. The van der Waals surface area contributed by atoms with Crippen LogP contribution < -0.4 is 11.1 Å². The maximum absolute atomic E-state index is 12.3. The van der Waals surface area contributed by atoms with Crippen molar-refractivity contribution in [2.24, 2.45) is 11.7 Å². The van der Waals surface area contributed by atoms with Crippen molar-refractivity contribution in [1.29, 1.82) is 0 Å². The third kappa shape index (κ3) is 2.97. The van der Waals surface area contributed by atoms with Crippen LogP contribution in [0.25, 0.3) is 0 Å². The molecule has 2 amide bonds. The summed E-state index contributed by atoms with van der Waals surface area (Å²) in [5, 5.41) is 3.19. The largest absolute Gasteiger partial charge is 0.368 e. The number of hydrogen-bond acceptors (Lipinski definition) is 3. The molecule has 17 heavy (non-hydrogen) atoms. The molecule has 2 fully saturated rings. The number of rotatable bonds is 4. The molecule has 1 aliphatic carbocycles. The Morgan fingerprint density at radius 2 is 1.94 bits per heavy atom. The first-order valence-corrected chi connectivity index (χ1v) is 6.48. The molecule has 1 unspecified atom stereocenters. The second kappa shape index (κ2) is 5.49. The lowest BCUT2D eigenvalue weighted by molar-refractivity contribution is -0.140. The highest BCUT2D eigenvalue weighted by Gasteiger charge is 2.33. The van der Waals surface area contributed by atoms with Crippen LogP contribution in [0.4, 0.5) is 0 Å². The van der Waals surface area contributed by atoms with Crippen LogP contribution in [0.2, 0.25) is 0 Å². The predicted octanol–water partition coefficient (Wildman–Crippen LogP) is -0.148. The summed E-state index contributed by atoms with van der Waals surface area (Å²) in [7, 11) is 0. The van der Waals surface area contributed by atoms with Crippen molar-refractivity contribution < 1.29 is 9.59 Å². The molecule has 96 valence electrons. The van der Waals surface area contributed by atoms with Gasteiger partial charge in [-0.25, -0.2) is 0 Å². The number of carbonyl (C=O) groups is 2. The number of nitrogens with one attached hydrogen (secondary N) is 1. The first-order valence-electron chi connectivity index (χ1n) is 6.48. The summed E-state index contributed by atoms with van der Waals surface area (Å²) in [6.45, 7) is 1.71. The van der Waals surface area contributed by atoms with E-state index in [9.17, 15) is 9.59 Å². The zero-order valence-corrected chi connectivity index (χ0v) is 10.2. The molecule has 5 nitrogen and oxygen atoms in total. The lowest BCUT2D eigenvalue weighted by Gasteiger charge is -2.30. The first kappa shape index (κ1) is 12.4. The summed E-state index contributed by atoms with van der Waals surface area (Å²) in [6, 6.07) is 0.232. The van der Waals surface area contributed by atoms with Crippen LogP contribution >= 0.6 is 0 Å². The summed E-state index contributed by atoms with van der Waals surface area (Å²) < 4.78 is 0. The van der Waals surface area contributed by atoms with Crippen LogP contribution in [0.1, 0.15) is 32.1 Å². The molecule has 0 radical (unpaired) electrons. The van der Waals surface area contributed by atoms with Crippen molar-refractivity contribution in [3.8, 4) is 0 Å². The number of nitrogens with two attached hydrogens (primary N) is 1. The van der Waals surface area contributed by atoms with Crippen LogP contribution in [0.3, 0.4) is 0 Å². The molecule has 5 heteroatoms. The van der Waals surface area contributed by atoms with Gasteiger partial charge in [0.2, 0.25) is 11.8 Å². The fourth-order valence-corrected chi connectivity index (χ4v) is 2.87. The standard InChI is InChI=1S/C12H21N3O2/c13-11(16)8-15(10-3-1-2-4-10)12(17)9-5-6-14-7-9/h9-10,14H,1-8H2,(H2,13,16). The van der Waals surface area contributed by atoms with Crippen LogP contribution in [0, 0.1) is 5.92 Å². The summed E-state index contributed by atoms with van der Waals surface area (Å²) >= 11 is 0. The molecular formula is C12H21N3O2. The minimum atomic E-state index is -0.406.